The number of hydrogen-bond acceptors (Lipinski definition) is 7. The Labute approximate surface area is 154 Å². The summed E-state index contributed by atoms with van der Waals surface area (Å²) in [5, 5.41) is 48.9. The van der Waals surface area contributed by atoms with Gasteiger partial charge in [-0.05, 0) is 6.07 Å². The van der Waals surface area contributed by atoms with E-state index in [0.29, 0.717) is 5.56 Å². The van der Waals surface area contributed by atoms with E-state index in [1.54, 1.807) is 6.07 Å². The van der Waals surface area contributed by atoms with Crippen molar-refractivity contribution in [3.63, 3.8) is 0 Å². The first-order valence-corrected chi connectivity index (χ1v) is 8.13. The number of para-hydroxylation sites is 1. The number of rotatable bonds is 3. The van der Waals surface area contributed by atoms with Crippen LogP contribution in [0.25, 0.3) is 10.9 Å². The summed E-state index contributed by atoms with van der Waals surface area (Å²) < 4.78 is 4.81. The number of benzene rings is 1. The SMILES string of the molecule is CC(=O)N[C@H]1C(O)O[C@H](CO)[C@@H](O)[C@@H]1O.O=C(O)c1c[nH]c2ccccc12. The molecule has 148 valence electrons. The van der Waals surface area contributed by atoms with Crippen molar-refractivity contribution in [1.82, 2.24) is 10.3 Å². The van der Waals surface area contributed by atoms with Crippen molar-refractivity contribution in [2.45, 2.75) is 37.6 Å². The van der Waals surface area contributed by atoms with Crippen molar-refractivity contribution in [3.8, 4) is 0 Å². The Morgan fingerprint density at radius 3 is 2.44 bits per heavy atom. The molecule has 3 rings (SSSR count). The van der Waals surface area contributed by atoms with E-state index < -0.39 is 49.1 Å². The third-order valence-electron chi connectivity index (χ3n) is 4.09. The van der Waals surface area contributed by atoms with Crippen molar-refractivity contribution >= 4 is 22.8 Å². The van der Waals surface area contributed by atoms with Gasteiger partial charge in [0.15, 0.2) is 6.29 Å². The molecule has 1 unspecified atom stereocenters. The summed E-state index contributed by atoms with van der Waals surface area (Å²) >= 11 is 0. The molecule has 1 aliphatic heterocycles. The molecule has 10 heteroatoms. The van der Waals surface area contributed by atoms with Gasteiger partial charge in [-0.15, -0.1) is 0 Å². The molecule has 2 heterocycles. The lowest BCUT2D eigenvalue weighted by atomic mass is 9.97. The minimum atomic E-state index is -1.45. The minimum Gasteiger partial charge on any atom is -0.478 e. The van der Waals surface area contributed by atoms with Crippen LogP contribution in [-0.4, -0.2) is 79.6 Å². The maximum Gasteiger partial charge on any atom is 0.337 e. The third kappa shape index (κ3) is 4.81. The fraction of sp³-hybridized carbons (Fsp3) is 0.412. The number of aliphatic hydroxyl groups excluding tert-OH is 4. The van der Waals surface area contributed by atoms with E-state index >= 15 is 0 Å². The Balaban J connectivity index is 0.000000198. The van der Waals surface area contributed by atoms with Gasteiger partial charge in [-0.3, -0.25) is 4.79 Å². The maximum atomic E-state index is 10.7. The van der Waals surface area contributed by atoms with Gasteiger partial charge < -0.3 is 40.6 Å². The van der Waals surface area contributed by atoms with Crippen LogP contribution in [0.5, 0.6) is 0 Å². The predicted molar refractivity (Wildman–Crippen MR) is 92.8 cm³/mol. The van der Waals surface area contributed by atoms with E-state index in [1.807, 2.05) is 18.2 Å². The number of hydrogen-bond donors (Lipinski definition) is 7. The van der Waals surface area contributed by atoms with Crippen LogP contribution in [0.3, 0.4) is 0 Å². The molecule has 10 nitrogen and oxygen atoms in total. The fourth-order valence-corrected chi connectivity index (χ4v) is 2.74. The normalized spacial score (nSPS) is 27.5. The first-order valence-electron chi connectivity index (χ1n) is 8.13. The number of aromatic carboxylic acids is 1. The van der Waals surface area contributed by atoms with Crippen LogP contribution in [0.2, 0.25) is 0 Å². The average Bonchev–Trinajstić information content (AvgIpc) is 3.06. The summed E-state index contributed by atoms with van der Waals surface area (Å²) in [7, 11) is 0. The van der Waals surface area contributed by atoms with E-state index in [9.17, 15) is 24.9 Å². The first-order chi connectivity index (χ1) is 12.8. The van der Waals surface area contributed by atoms with Gasteiger partial charge in [-0.1, -0.05) is 18.2 Å². The second-order valence-electron chi connectivity index (χ2n) is 6.01. The average molecular weight is 382 g/mol. The summed E-state index contributed by atoms with van der Waals surface area (Å²) in [6.07, 6.45) is -3.73. The molecule has 27 heavy (non-hydrogen) atoms. The monoisotopic (exact) mass is 382 g/mol. The third-order valence-corrected chi connectivity index (χ3v) is 4.09. The molecular weight excluding hydrogens is 360 g/mol. The Morgan fingerprint density at radius 2 is 1.85 bits per heavy atom. The molecule has 1 amide bonds. The number of carbonyl (C=O) groups is 2. The number of aromatic nitrogens is 1. The quantitative estimate of drug-likeness (QED) is 0.346. The van der Waals surface area contributed by atoms with E-state index in [4.69, 9.17) is 14.9 Å². The van der Waals surface area contributed by atoms with Crippen LogP contribution in [0.1, 0.15) is 17.3 Å². The molecule has 1 saturated heterocycles. The molecule has 0 saturated carbocycles. The van der Waals surface area contributed by atoms with Crippen LogP contribution in [0.4, 0.5) is 0 Å². The number of carbonyl (C=O) groups excluding carboxylic acids is 1. The number of ether oxygens (including phenoxy) is 1. The van der Waals surface area contributed by atoms with Gasteiger partial charge in [-0.25, -0.2) is 4.79 Å². The zero-order valence-electron chi connectivity index (χ0n) is 14.4. The number of aliphatic hydroxyl groups is 4. The van der Waals surface area contributed by atoms with E-state index in [-0.39, 0.29) is 0 Å². The Bertz CT molecular complexity index is 792. The van der Waals surface area contributed by atoms with Gasteiger partial charge in [0.1, 0.15) is 24.4 Å². The Morgan fingerprint density at radius 1 is 1.19 bits per heavy atom. The molecular formula is C17H22N2O8. The number of fused-ring (bicyclic) bond motifs is 1. The number of aromatic amines is 1. The lowest BCUT2D eigenvalue weighted by Crippen LogP contribution is -2.63. The van der Waals surface area contributed by atoms with Crippen LogP contribution in [-0.2, 0) is 9.53 Å². The standard InChI is InChI=1S/C9H7NO2.C8H15NO6/c11-9(12)7-5-10-8-4-2-1-3-6(7)8;1-3(11)9-5-7(13)6(12)4(2-10)15-8(5)14/h1-5,10H,(H,11,12);4-8,10,12-14H,2H2,1H3,(H,9,11)/t;4-,5-,6-,7-,8?/m.1/s1. The van der Waals surface area contributed by atoms with E-state index in [2.05, 4.69) is 10.3 Å². The highest BCUT2D eigenvalue weighted by atomic mass is 16.6. The number of H-pyrrole nitrogens is 1. The Hall–Kier alpha value is -2.50. The van der Waals surface area contributed by atoms with Crippen LogP contribution >= 0.6 is 0 Å². The molecule has 1 aromatic heterocycles. The van der Waals surface area contributed by atoms with Crippen LogP contribution in [0, 0.1) is 0 Å². The molecule has 0 bridgehead atoms. The van der Waals surface area contributed by atoms with Crippen molar-refractivity contribution in [1.29, 1.82) is 0 Å². The topological polar surface area (TPSA) is 172 Å². The van der Waals surface area contributed by atoms with Gasteiger partial charge in [0.05, 0.1) is 12.2 Å². The number of carboxylic acids is 1. The summed E-state index contributed by atoms with van der Waals surface area (Å²) in [4.78, 5) is 24.3. The number of nitrogens with one attached hydrogen (secondary N) is 2. The highest BCUT2D eigenvalue weighted by molar-refractivity contribution is 6.03. The largest absolute Gasteiger partial charge is 0.478 e. The first kappa shape index (κ1) is 20.8. The number of carboxylic acid groups (broad SMARTS) is 1. The summed E-state index contributed by atoms with van der Waals surface area (Å²) in [6.45, 7) is 0.687. The Kier molecular flexibility index (Phi) is 6.88. The highest BCUT2D eigenvalue weighted by Crippen LogP contribution is 2.19. The molecule has 1 aliphatic rings. The number of amides is 1. The molecule has 2 aromatic rings. The van der Waals surface area contributed by atoms with Crippen LogP contribution < -0.4 is 5.32 Å². The second-order valence-corrected chi connectivity index (χ2v) is 6.01. The zero-order chi connectivity index (χ0) is 20.1. The van der Waals surface area contributed by atoms with Gasteiger partial charge in [0, 0.05) is 24.0 Å². The van der Waals surface area contributed by atoms with Crippen molar-refractivity contribution in [3.05, 3.63) is 36.0 Å². The summed E-state index contributed by atoms with van der Waals surface area (Å²) in [5.74, 6) is -1.36. The molecule has 1 fully saturated rings. The van der Waals surface area contributed by atoms with Crippen LogP contribution in [0.15, 0.2) is 30.5 Å². The highest BCUT2D eigenvalue weighted by Gasteiger charge is 2.43. The van der Waals surface area contributed by atoms with E-state index in [0.717, 1.165) is 10.9 Å². The second kappa shape index (κ2) is 8.93. The molecule has 0 radical (unpaired) electrons. The molecule has 0 aliphatic carbocycles. The predicted octanol–water partition coefficient (Wildman–Crippen LogP) is -1.21. The lowest BCUT2D eigenvalue weighted by molar-refractivity contribution is -0.253. The zero-order valence-corrected chi connectivity index (χ0v) is 14.4. The van der Waals surface area contributed by atoms with Gasteiger partial charge in [-0.2, -0.15) is 0 Å². The molecule has 5 atom stereocenters. The van der Waals surface area contributed by atoms with Crippen molar-refractivity contribution in [2.24, 2.45) is 0 Å². The molecule has 7 N–H and O–H groups in total. The maximum absolute atomic E-state index is 10.7. The molecule has 1 aromatic carbocycles. The summed E-state index contributed by atoms with van der Waals surface area (Å²) in [5.41, 5.74) is 1.18. The van der Waals surface area contributed by atoms with E-state index in [1.165, 1.54) is 13.1 Å². The fourth-order valence-electron chi connectivity index (χ4n) is 2.74. The van der Waals surface area contributed by atoms with Gasteiger partial charge >= 0.3 is 5.97 Å². The van der Waals surface area contributed by atoms with Crippen molar-refractivity contribution < 1.29 is 39.9 Å². The lowest BCUT2D eigenvalue weighted by Gasteiger charge is -2.40. The van der Waals surface area contributed by atoms with Crippen molar-refractivity contribution in [2.75, 3.05) is 6.61 Å². The smallest absolute Gasteiger partial charge is 0.337 e. The minimum absolute atomic E-state index is 0.325. The summed E-state index contributed by atoms with van der Waals surface area (Å²) in [6, 6.07) is 6.23. The van der Waals surface area contributed by atoms with Gasteiger partial charge in [0.2, 0.25) is 5.91 Å². The molecule has 0 spiro atoms. The van der Waals surface area contributed by atoms with Gasteiger partial charge in [0.25, 0.3) is 0 Å².